The maximum atomic E-state index is 13.9. The number of halogens is 1. The van der Waals surface area contributed by atoms with Crippen molar-refractivity contribution in [1.29, 1.82) is 0 Å². The van der Waals surface area contributed by atoms with Gasteiger partial charge in [0.2, 0.25) is 5.95 Å². The van der Waals surface area contributed by atoms with E-state index in [2.05, 4.69) is 68.0 Å². The number of hydrogen-bond donors (Lipinski definition) is 0. The van der Waals surface area contributed by atoms with Crippen molar-refractivity contribution in [3.05, 3.63) is 95.1 Å². The zero-order valence-corrected chi connectivity index (χ0v) is 24.2. The number of aryl methyl sites for hydroxylation is 2. The van der Waals surface area contributed by atoms with Gasteiger partial charge < -0.3 is 4.79 Å². The third-order valence-corrected chi connectivity index (χ3v) is 7.01. The average molecular weight is 540 g/mol. The molecule has 1 atom stereocenters. The van der Waals surface area contributed by atoms with Crippen LogP contribution in [0, 0.1) is 18.7 Å². The summed E-state index contributed by atoms with van der Waals surface area (Å²) in [5.74, 6) is 1.46. The molecule has 0 saturated heterocycles. The Hall–Kier alpha value is -4.13. The van der Waals surface area contributed by atoms with E-state index < -0.39 is 0 Å². The lowest BCUT2D eigenvalue weighted by atomic mass is 9.94. The molecular formula is C33H38FN5O. The Morgan fingerprint density at radius 2 is 1.75 bits per heavy atom. The summed E-state index contributed by atoms with van der Waals surface area (Å²) in [5.41, 5.74) is 5.59. The first-order chi connectivity index (χ1) is 19.2. The van der Waals surface area contributed by atoms with E-state index in [0.717, 1.165) is 40.3 Å². The number of aromatic nitrogens is 4. The quantitative estimate of drug-likeness (QED) is 0.195. The van der Waals surface area contributed by atoms with Crippen molar-refractivity contribution in [3.63, 3.8) is 0 Å². The highest BCUT2D eigenvalue weighted by Crippen LogP contribution is 2.34. The van der Waals surface area contributed by atoms with Crippen molar-refractivity contribution in [2.45, 2.75) is 59.9 Å². The summed E-state index contributed by atoms with van der Waals surface area (Å²) in [6, 6.07) is 16.8. The molecule has 208 valence electrons. The van der Waals surface area contributed by atoms with Crippen LogP contribution < -0.4 is 4.90 Å². The molecule has 4 aromatic rings. The lowest BCUT2D eigenvalue weighted by Gasteiger charge is -2.25. The number of rotatable bonds is 11. The maximum Gasteiger partial charge on any atom is 0.232 e. The van der Waals surface area contributed by atoms with Crippen molar-refractivity contribution in [2.75, 3.05) is 4.90 Å². The van der Waals surface area contributed by atoms with Crippen LogP contribution in [0.4, 0.5) is 16.2 Å². The number of carbonyl (C=O) groups is 1. The second-order valence-electron chi connectivity index (χ2n) is 10.7. The third kappa shape index (κ3) is 6.89. The Labute approximate surface area is 236 Å². The molecule has 0 aliphatic rings. The first-order valence-corrected chi connectivity index (χ1v) is 13.8. The average Bonchev–Trinajstić information content (AvgIpc) is 3.35. The molecule has 0 spiro atoms. The van der Waals surface area contributed by atoms with Gasteiger partial charge in [0.15, 0.2) is 0 Å². The highest BCUT2D eigenvalue weighted by atomic mass is 19.1. The van der Waals surface area contributed by atoms with Crippen molar-refractivity contribution < 1.29 is 9.18 Å². The number of benzene rings is 2. The van der Waals surface area contributed by atoms with E-state index in [1.807, 2.05) is 23.9 Å². The van der Waals surface area contributed by atoms with Crippen molar-refractivity contribution >= 4 is 23.6 Å². The highest BCUT2D eigenvalue weighted by molar-refractivity contribution is 5.77. The van der Waals surface area contributed by atoms with Crippen molar-refractivity contribution in [3.8, 4) is 11.3 Å². The fraction of sp³-hybridized carbons (Fsp3) is 0.333. The van der Waals surface area contributed by atoms with Gasteiger partial charge in [-0.3, -0.25) is 9.58 Å². The molecule has 2 aromatic carbocycles. The number of anilines is 2. The molecule has 0 amide bonds. The molecule has 0 fully saturated rings. The number of nitrogens with zero attached hydrogens (tertiary/aromatic N) is 5. The van der Waals surface area contributed by atoms with Crippen LogP contribution in [-0.4, -0.2) is 25.5 Å². The molecule has 6 nitrogen and oxygen atoms in total. The Morgan fingerprint density at radius 3 is 2.33 bits per heavy atom. The highest BCUT2D eigenvalue weighted by Gasteiger charge is 2.23. The van der Waals surface area contributed by atoms with Gasteiger partial charge >= 0.3 is 0 Å². The second kappa shape index (κ2) is 12.8. The van der Waals surface area contributed by atoms with E-state index in [-0.39, 0.29) is 23.4 Å². The molecule has 0 bridgehead atoms. The standard InChI is InChI=1S/C33H38FN5O/c1-7-25(20-24(5)40)12-17-29-31(22(2)3)36-33(37-32(29)27-13-15-28(34)16-14-27)39(30-18-19-35-38(30)6)21-26-10-8-23(4)9-11-26/h8-19,22,25H,7,20-21H2,1-6H3/b17-12+/t25-/m0/s1. The molecular weight excluding hydrogens is 501 g/mol. The minimum Gasteiger partial charge on any atom is -0.300 e. The summed E-state index contributed by atoms with van der Waals surface area (Å²) in [4.78, 5) is 24.2. The van der Waals surface area contributed by atoms with Crippen LogP contribution >= 0.6 is 0 Å². The van der Waals surface area contributed by atoms with Crippen molar-refractivity contribution in [2.24, 2.45) is 13.0 Å². The van der Waals surface area contributed by atoms with Crippen LogP contribution in [0.15, 0.2) is 66.9 Å². The number of allylic oxidation sites excluding steroid dienone is 1. The van der Waals surface area contributed by atoms with Gasteiger partial charge in [0, 0.05) is 30.7 Å². The fourth-order valence-corrected chi connectivity index (χ4v) is 4.74. The normalized spacial score (nSPS) is 12.3. The van der Waals surface area contributed by atoms with E-state index in [4.69, 9.17) is 9.97 Å². The molecule has 40 heavy (non-hydrogen) atoms. The smallest absolute Gasteiger partial charge is 0.232 e. The van der Waals surface area contributed by atoms with Gasteiger partial charge in [-0.25, -0.2) is 14.4 Å². The first kappa shape index (κ1) is 28.9. The van der Waals surface area contributed by atoms with Gasteiger partial charge in [-0.2, -0.15) is 5.10 Å². The second-order valence-corrected chi connectivity index (χ2v) is 10.7. The minimum absolute atomic E-state index is 0.0845. The minimum atomic E-state index is -0.303. The summed E-state index contributed by atoms with van der Waals surface area (Å²) in [6.07, 6.45) is 7.23. The van der Waals surface area contributed by atoms with Gasteiger partial charge in [0.1, 0.15) is 17.4 Å². The van der Waals surface area contributed by atoms with Crippen LogP contribution in [-0.2, 0) is 18.4 Å². The fourth-order valence-electron chi connectivity index (χ4n) is 4.74. The zero-order valence-electron chi connectivity index (χ0n) is 24.2. The number of carbonyl (C=O) groups excluding carboxylic acids is 1. The number of hydrogen-bond acceptors (Lipinski definition) is 5. The molecule has 0 aliphatic heterocycles. The molecule has 0 unspecified atom stereocenters. The molecule has 0 radical (unpaired) electrons. The Morgan fingerprint density at radius 1 is 1.05 bits per heavy atom. The molecule has 7 heteroatoms. The molecule has 0 N–H and O–H groups in total. The Balaban J connectivity index is 1.92. The molecule has 0 aliphatic carbocycles. The van der Waals surface area contributed by atoms with Gasteiger partial charge in [-0.15, -0.1) is 0 Å². The first-order valence-electron chi connectivity index (χ1n) is 13.8. The van der Waals surface area contributed by atoms with Crippen LogP contribution in [0.2, 0.25) is 0 Å². The predicted octanol–water partition coefficient (Wildman–Crippen LogP) is 7.80. The summed E-state index contributed by atoms with van der Waals surface area (Å²) >= 11 is 0. The maximum absolute atomic E-state index is 13.9. The zero-order chi connectivity index (χ0) is 28.8. The van der Waals surface area contributed by atoms with Gasteiger partial charge in [0.05, 0.1) is 24.1 Å². The summed E-state index contributed by atoms with van der Waals surface area (Å²) in [5, 5.41) is 4.41. The summed E-state index contributed by atoms with van der Waals surface area (Å²) < 4.78 is 15.8. The largest absolute Gasteiger partial charge is 0.300 e. The van der Waals surface area contributed by atoms with E-state index in [1.165, 1.54) is 17.7 Å². The summed E-state index contributed by atoms with van der Waals surface area (Å²) in [7, 11) is 1.90. The van der Waals surface area contributed by atoms with Gasteiger partial charge in [-0.1, -0.05) is 62.8 Å². The lowest BCUT2D eigenvalue weighted by Crippen LogP contribution is -2.23. The van der Waals surface area contributed by atoms with E-state index >= 15 is 0 Å². The number of Topliss-reactive ketones (excluding diaryl/α,β-unsaturated/α-hetero) is 1. The Kier molecular flexibility index (Phi) is 9.25. The van der Waals surface area contributed by atoms with Gasteiger partial charge in [0.25, 0.3) is 0 Å². The Bertz CT molecular complexity index is 1470. The van der Waals surface area contributed by atoms with E-state index in [0.29, 0.717) is 18.9 Å². The number of ketones is 1. The molecule has 0 saturated carbocycles. The monoisotopic (exact) mass is 539 g/mol. The summed E-state index contributed by atoms with van der Waals surface area (Å²) in [6.45, 7) is 10.5. The van der Waals surface area contributed by atoms with Crippen LogP contribution in [0.1, 0.15) is 68.8 Å². The molecule has 2 heterocycles. The van der Waals surface area contributed by atoms with Gasteiger partial charge in [-0.05, 0) is 61.9 Å². The SMILES string of the molecule is CC[C@@H](/C=C/c1c(-c2ccc(F)cc2)nc(N(Cc2ccc(C)cc2)c2ccnn2C)nc1C(C)C)CC(C)=O. The van der Waals surface area contributed by atoms with E-state index in [9.17, 15) is 9.18 Å². The van der Waals surface area contributed by atoms with Crippen LogP contribution in [0.3, 0.4) is 0 Å². The third-order valence-electron chi connectivity index (χ3n) is 7.01. The molecule has 2 aromatic heterocycles. The van der Waals surface area contributed by atoms with Crippen LogP contribution in [0.5, 0.6) is 0 Å². The van der Waals surface area contributed by atoms with Crippen LogP contribution in [0.25, 0.3) is 17.3 Å². The van der Waals surface area contributed by atoms with E-state index in [1.54, 1.807) is 25.3 Å². The lowest BCUT2D eigenvalue weighted by molar-refractivity contribution is -0.117. The van der Waals surface area contributed by atoms with Crippen molar-refractivity contribution in [1.82, 2.24) is 19.7 Å². The molecule has 4 rings (SSSR count). The predicted molar refractivity (Wildman–Crippen MR) is 160 cm³/mol. The topological polar surface area (TPSA) is 63.9 Å².